The quantitative estimate of drug-likeness (QED) is 0.301. The van der Waals surface area contributed by atoms with Crippen LogP contribution in [-0.4, -0.2) is 34.3 Å². The first-order valence-corrected chi connectivity index (χ1v) is 8.82. The zero-order valence-corrected chi connectivity index (χ0v) is 18.0. The van der Waals surface area contributed by atoms with E-state index < -0.39 is 0 Å². The molecule has 8 heteroatoms. The lowest BCUT2D eigenvalue weighted by Gasteiger charge is -2.12. The number of hydrogen-bond acceptors (Lipinski definition) is 3. The molecular weight excluding hydrogens is 470 g/mol. The van der Waals surface area contributed by atoms with Gasteiger partial charge in [0.2, 0.25) is 0 Å². The molecule has 1 heterocycles. The van der Waals surface area contributed by atoms with Gasteiger partial charge < -0.3 is 10.6 Å². The Bertz CT molecular complexity index is 865. The van der Waals surface area contributed by atoms with E-state index >= 15 is 0 Å². The smallest absolute Gasteiger partial charge is 0.191 e. The van der Waals surface area contributed by atoms with E-state index in [1.165, 1.54) is 24.0 Å². The summed E-state index contributed by atoms with van der Waals surface area (Å²) in [5.41, 5.74) is 3.41. The van der Waals surface area contributed by atoms with Gasteiger partial charge in [0.25, 0.3) is 0 Å². The fourth-order valence-electron chi connectivity index (χ4n) is 2.72. The highest BCUT2D eigenvalue weighted by atomic mass is 127. The largest absolute Gasteiger partial charge is 0.356 e. The summed E-state index contributed by atoms with van der Waals surface area (Å²) in [5, 5.41) is 10.7. The van der Waals surface area contributed by atoms with Crippen LogP contribution >= 0.6 is 24.0 Å². The molecule has 0 bridgehead atoms. The van der Waals surface area contributed by atoms with E-state index in [2.05, 4.69) is 43.9 Å². The van der Waals surface area contributed by atoms with E-state index in [1.54, 1.807) is 30.2 Å². The van der Waals surface area contributed by atoms with Gasteiger partial charge >= 0.3 is 0 Å². The van der Waals surface area contributed by atoms with Crippen LogP contribution in [0.2, 0.25) is 0 Å². The van der Waals surface area contributed by atoms with Gasteiger partial charge in [0.15, 0.2) is 5.96 Å². The maximum atomic E-state index is 12.9. The molecule has 0 saturated heterocycles. The zero-order valence-electron chi connectivity index (χ0n) is 15.7. The molecule has 1 aromatic heterocycles. The van der Waals surface area contributed by atoms with E-state index in [1.807, 2.05) is 6.07 Å². The van der Waals surface area contributed by atoms with Crippen molar-refractivity contribution in [2.75, 3.05) is 13.6 Å². The van der Waals surface area contributed by atoms with E-state index in [4.69, 9.17) is 0 Å². The van der Waals surface area contributed by atoms with Crippen molar-refractivity contribution in [3.05, 3.63) is 83.7 Å². The summed E-state index contributed by atoms with van der Waals surface area (Å²) in [6.07, 6.45) is 4.04. The summed E-state index contributed by atoms with van der Waals surface area (Å²) in [6.45, 7) is 2.08. The fraction of sp³-hybridized carbons (Fsp3) is 0.250. The highest BCUT2D eigenvalue weighted by molar-refractivity contribution is 14.0. The minimum absolute atomic E-state index is 0. The standard InChI is InChI=1S/C20H23FN6.HI/c1-22-20(24-10-9-16-5-7-19(21)8-6-16)25-12-17-3-2-4-18(11-17)13-27-15-23-14-26-27;/h2-8,11,14-15H,9-10,12-13H2,1H3,(H2,22,24,25);1H. The summed E-state index contributed by atoms with van der Waals surface area (Å²) >= 11 is 0. The molecule has 0 atom stereocenters. The van der Waals surface area contributed by atoms with Crippen molar-refractivity contribution in [2.24, 2.45) is 4.99 Å². The number of nitrogens with one attached hydrogen (secondary N) is 2. The highest BCUT2D eigenvalue weighted by Gasteiger charge is 2.01. The topological polar surface area (TPSA) is 67.1 Å². The molecule has 0 radical (unpaired) electrons. The number of nitrogens with zero attached hydrogens (tertiary/aromatic N) is 4. The second-order valence-electron chi connectivity index (χ2n) is 6.14. The van der Waals surface area contributed by atoms with Gasteiger partial charge in [0, 0.05) is 20.1 Å². The Kier molecular flexibility index (Phi) is 8.86. The van der Waals surface area contributed by atoms with Crippen molar-refractivity contribution >= 4 is 29.9 Å². The molecule has 0 saturated carbocycles. The van der Waals surface area contributed by atoms with Gasteiger partial charge in [0.05, 0.1) is 6.54 Å². The first kappa shape index (κ1) is 21.8. The van der Waals surface area contributed by atoms with Gasteiger partial charge in [-0.2, -0.15) is 5.10 Å². The van der Waals surface area contributed by atoms with Crippen LogP contribution in [0.15, 0.2) is 66.2 Å². The molecule has 0 unspecified atom stereocenters. The summed E-state index contributed by atoms with van der Waals surface area (Å²) in [5.74, 6) is 0.522. The SMILES string of the molecule is CN=C(NCCc1ccc(F)cc1)NCc1cccc(Cn2cncn2)c1.I. The maximum Gasteiger partial charge on any atom is 0.191 e. The number of rotatable bonds is 7. The molecular formula is C20H24FIN6. The van der Waals surface area contributed by atoms with Crippen LogP contribution in [-0.2, 0) is 19.5 Å². The van der Waals surface area contributed by atoms with Gasteiger partial charge in [-0.05, 0) is 35.2 Å². The first-order valence-electron chi connectivity index (χ1n) is 8.82. The molecule has 2 N–H and O–H groups in total. The number of halogens is 2. The molecule has 6 nitrogen and oxygen atoms in total. The zero-order chi connectivity index (χ0) is 18.9. The van der Waals surface area contributed by atoms with Crippen LogP contribution in [0, 0.1) is 5.82 Å². The summed E-state index contributed by atoms with van der Waals surface area (Å²) in [6, 6.07) is 14.9. The Balaban J connectivity index is 0.00000280. The van der Waals surface area contributed by atoms with Crippen LogP contribution in [0.5, 0.6) is 0 Å². The molecule has 2 aromatic carbocycles. The summed E-state index contributed by atoms with van der Waals surface area (Å²) in [7, 11) is 1.74. The van der Waals surface area contributed by atoms with Crippen molar-refractivity contribution < 1.29 is 4.39 Å². The van der Waals surface area contributed by atoms with Gasteiger partial charge in [-0.1, -0.05) is 36.4 Å². The van der Waals surface area contributed by atoms with E-state index in [-0.39, 0.29) is 29.8 Å². The minimum atomic E-state index is -0.213. The molecule has 0 fully saturated rings. The first-order chi connectivity index (χ1) is 13.2. The third-order valence-corrected chi connectivity index (χ3v) is 4.11. The summed E-state index contributed by atoms with van der Waals surface area (Å²) in [4.78, 5) is 8.21. The van der Waals surface area contributed by atoms with Gasteiger partial charge in [-0.25, -0.2) is 14.1 Å². The Morgan fingerprint density at radius 1 is 1.07 bits per heavy atom. The van der Waals surface area contributed by atoms with Crippen LogP contribution in [0.25, 0.3) is 0 Å². The van der Waals surface area contributed by atoms with Crippen LogP contribution in [0.1, 0.15) is 16.7 Å². The number of aliphatic imine (C=N–C) groups is 1. The van der Waals surface area contributed by atoms with E-state index in [0.717, 1.165) is 30.1 Å². The lowest BCUT2D eigenvalue weighted by molar-refractivity contribution is 0.626. The van der Waals surface area contributed by atoms with Crippen LogP contribution < -0.4 is 10.6 Å². The van der Waals surface area contributed by atoms with Crippen LogP contribution in [0.4, 0.5) is 4.39 Å². The van der Waals surface area contributed by atoms with Gasteiger partial charge in [0.1, 0.15) is 18.5 Å². The van der Waals surface area contributed by atoms with Crippen molar-refractivity contribution in [3.8, 4) is 0 Å². The predicted octanol–water partition coefficient (Wildman–Crippen LogP) is 2.99. The third-order valence-electron chi connectivity index (χ3n) is 4.11. The lowest BCUT2D eigenvalue weighted by atomic mass is 10.1. The van der Waals surface area contributed by atoms with Crippen molar-refractivity contribution in [3.63, 3.8) is 0 Å². The van der Waals surface area contributed by atoms with Crippen molar-refractivity contribution in [1.29, 1.82) is 0 Å². The number of guanidine groups is 1. The average Bonchev–Trinajstić information content (AvgIpc) is 3.19. The molecule has 0 amide bonds. The maximum absolute atomic E-state index is 12.9. The van der Waals surface area contributed by atoms with Crippen LogP contribution in [0.3, 0.4) is 0 Å². The van der Waals surface area contributed by atoms with Crippen molar-refractivity contribution in [2.45, 2.75) is 19.5 Å². The number of aromatic nitrogens is 3. The Labute approximate surface area is 181 Å². The third kappa shape index (κ3) is 6.91. The molecule has 0 aliphatic rings. The normalized spacial score (nSPS) is 11.0. The molecule has 3 rings (SSSR count). The number of benzene rings is 2. The molecule has 28 heavy (non-hydrogen) atoms. The van der Waals surface area contributed by atoms with E-state index in [0.29, 0.717) is 13.1 Å². The second kappa shape index (κ2) is 11.4. The molecule has 0 aliphatic carbocycles. The predicted molar refractivity (Wildman–Crippen MR) is 119 cm³/mol. The second-order valence-corrected chi connectivity index (χ2v) is 6.14. The Hall–Kier alpha value is -2.49. The monoisotopic (exact) mass is 494 g/mol. The van der Waals surface area contributed by atoms with Gasteiger partial charge in [-0.3, -0.25) is 4.99 Å². The fourth-order valence-corrected chi connectivity index (χ4v) is 2.72. The molecule has 148 valence electrons. The Morgan fingerprint density at radius 3 is 2.57 bits per heavy atom. The van der Waals surface area contributed by atoms with Crippen molar-refractivity contribution in [1.82, 2.24) is 25.4 Å². The lowest BCUT2D eigenvalue weighted by Crippen LogP contribution is -2.37. The highest BCUT2D eigenvalue weighted by Crippen LogP contribution is 2.07. The Morgan fingerprint density at radius 2 is 1.86 bits per heavy atom. The number of hydrogen-bond donors (Lipinski definition) is 2. The average molecular weight is 494 g/mol. The summed E-state index contributed by atoms with van der Waals surface area (Å²) < 4.78 is 14.7. The van der Waals surface area contributed by atoms with Gasteiger partial charge in [-0.15, -0.1) is 24.0 Å². The minimum Gasteiger partial charge on any atom is -0.356 e. The molecule has 0 spiro atoms. The molecule has 3 aromatic rings. The van der Waals surface area contributed by atoms with E-state index in [9.17, 15) is 4.39 Å². The molecule has 0 aliphatic heterocycles.